The highest BCUT2D eigenvalue weighted by Gasteiger charge is 2.15. The minimum absolute atomic E-state index is 0.0258. The number of hydrogen-bond donors (Lipinski definition) is 2. The van der Waals surface area contributed by atoms with Gasteiger partial charge in [-0.25, -0.2) is 0 Å². The van der Waals surface area contributed by atoms with Gasteiger partial charge in [0.05, 0.1) is 6.10 Å². The van der Waals surface area contributed by atoms with Crippen molar-refractivity contribution in [2.24, 2.45) is 5.92 Å². The molecule has 1 aliphatic rings. The number of aliphatic hydroxyl groups is 1. The van der Waals surface area contributed by atoms with Gasteiger partial charge in [0.25, 0.3) is 0 Å². The van der Waals surface area contributed by atoms with E-state index in [4.69, 9.17) is 0 Å². The second kappa shape index (κ2) is 9.51. The van der Waals surface area contributed by atoms with Crippen LogP contribution in [0.2, 0.25) is 0 Å². The molecule has 126 valence electrons. The van der Waals surface area contributed by atoms with Gasteiger partial charge < -0.3 is 10.4 Å². The fourth-order valence-electron chi connectivity index (χ4n) is 3.31. The lowest BCUT2D eigenvalue weighted by Gasteiger charge is -2.20. The number of carbonyl (C=O) groups is 1. The lowest BCUT2D eigenvalue weighted by molar-refractivity contribution is -0.116. The number of amides is 1. The van der Waals surface area contributed by atoms with E-state index in [-0.39, 0.29) is 17.9 Å². The minimum atomic E-state index is -0.380. The van der Waals surface area contributed by atoms with Crippen LogP contribution in [0.15, 0.2) is 42.5 Å². The van der Waals surface area contributed by atoms with E-state index in [9.17, 15) is 9.90 Å². The molecule has 1 saturated carbocycles. The summed E-state index contributed by atoms with van der Waals surface area (Å²) in [7, 11) is 0. The van der Waals surface area contributed by atoms with Crippen molar-refractivity contribution in [2.75, 3.05) is 6.54 Å². The van der Waals surface area contributed by atoms with Crippen molar-refractivity contribution in [1.29, 1.82) is 0 Å². The summed E-state index contributed by atoms with van der Waals surface area (Å²) in [6, 6.07) is 10.1. The van der Waals surface area contributed by atoms with Crippen LogP contribution in [0.1, 0.15) is 56.9 Å². The van der Waals surface area contributed by atoms with Crippen LogP contribution in [-0.2, 0) is 4.79 Å². The van der Waals surface area contributed by atoms with E-state index in [1.54, 1.807) is 13.0 Å². The van der Waals surface area contributed by atoms with Crippen molar-refractivity contribution in [1.82, 2.24) is 5.32 Å². The molecule has 1 aliphatic carbocycles. The molecule has 0 aliphatic heterocycles. The number of benzene rings is 1. The Bertz CT molecular complexity index is 490. The Hall–Kier alpha value is -1.61. The Morgan fingerprint density at radius 2 is 1.96 bits per heavy atom. The van der Waals surface area contributed by atoms with E-state index in [0.717, 1.165) is 5.56 Å². The van der Waals surface area contributed by atoms with Crippen molar-refractivity contribution < 1.29 is 9.90 Å². The van der Waals surface area contributed by atoms with Crippen LogP contribution in [0.25, 0.3) is 0 Å². The van der Waals surface area contributed by atoms with Gasteiger partial charge in [0, 0.05) is 12.5 Å². The molecule has 1 aromatic rings. The first-order valence-electron chi connectivity index (χ1n) is 8.84. The summed E-state index contributed by atoms with van der Waals surface area (Å²) in [6.45, 7) is 2.35. The number of rotatable bonds is 7. The normalized spacial score (nSPS) is 18.7. The topological polar surface area (TPSA) is 49.3 Å². The average Bonchev–Trinajstić information content (AvgIpc) is 2.58. The zero-order valence-corrected chi connectivity index (χ0v) is 14.1. The standard InChI is InChI=1S/C20H29NO2/c1-16(22)14-19(18-10-6-3-7-11-18)15-21-20(23)13-12-17-8-4-2-5-9-17/h3,6-7,10-13,16-17,19,22H,2,4-5,8-9,14-15H2,1H3,(H,21,23)/b13-12+. The predicted octanol–water partition coefficient (Wildman–Crippen LogP) is 3.79. The molecule has 0 spiro atoms. The maximum absolute atomic E-state index is 12.0. The van der Waals surface area contributed by atoms with Crippen LogP contribution in [0.3, 0.4) is 0 Å². The third-order valence-electron chi connectivity index (χ3n) is 4.59. The highest BCUT2D eigenvalue weighted by atomic mass is 16.3. The van der Waals surface area contributed by atoms with Crippen molar-refractivity contribution in [3.63, 3.8) is 0 Å². The largest absolute Gasteiger partial charge is 0.393 e. The fourth-order valence-corrected chi connectivity index (χ4v) is 3.31. The van der Waals surface area contributed by atoms with E-state index in [0.29, 0.717) is 18.9 Å². The van der Waals surface area contributed by atoms with Gasteiger partial charge in [0.1, 0.15) is 0 Å². The quantitative estimate of drug-likeness (QED) is 0.752. The average molecular weight is 315 g/mol. The minimum Gasteiger partial charge on any atom is -0.393 e. The van der Waals surface area contributed by atoms with Gasteiger partial charge in [-0.1, -0.05) is 55.7 Å². The number of aliphatic hydroxyl groups excluding tert-OH is 1. The summed E-state index contributed by atoms with van der Waals surface area (Å²) in [6.07, 6.45) is 10.3. The van der Waals surface area contributed by atoms with Crippen molar-refractivity contribution in [3.05, 3.63) is 48.0 Å². The lowest BCUT2D eigenvalue weighted by Crippen LogP contribution is -2.28. The highest BCUT2D eigenvalue weighted by Crippen LogP contribution is 2.24. The first kappa shape index (κ1) is 17.7. The lowest BCUT2D eigenvalue weighted by atomic mass is 9.89. The van der Waals surface area contributed by atoms with E-state index < -0.39 is 0 Å². The van der Waals surface area contributed by atoms with Gasteiger partial charge in [-0.2, -0.15) is 0 Å². The molecule has 0 saturated heterocycles. The molecule has 2 atom stereocenters. The van der Waals surface area contributed by atoms with E-state index in [2.05, 4.69) is 23.5 Å². The number of nitrogens with one attached hydrogen (secondary N) is 1. The zero-order chi connectivity index (χ0) is 16.5. The molecular weight excluding hydrogens is 286 g/mol. The number of carbonyl (C=O) groups excluding carboxylic acids is 1. The summed E-state index contributed by atoms with van der Waals surface area (Å²) in [5, 5.41) is 12.7. The maximum atomic E-state index is 12.0. The van der Waals surface area contributed by atoms with Gasteiger partial charge >= 0.3 is 0 Å². The molecule has 0 radical (unpaired) electrons. The molecule has 2 rings (SSSR count). The smallest absolute Gasteiger partial charge is 0.243 e. The van der Waals surface area contributed by atoms with Crippen molar-refractivity contribution in [3.8, 4) is 0 Å². The van der Waals surface area contributed by atoms with E-state index >= 15 is 0 Å². The Morgan fingerprint density at radius 1 is 1.26 bits per heavy atom. The monoisotopic (exact) mass is 315 g/mol. The maximum Gasteiger partial charge on any atom is 0.243 e. The molecule has 2 unspecified atom stereocenters. The number of allylic oxidation sites excluding steroid dienone is 1. The molecule has 1 fully saturated rings. The SMILES string of the molecule is CC(O)CC(CNC(=O)/C=C/C1CCCCC1)c1ccccc1. The zero-order valence-electron chi connectivity index (χ0n) is 14.1. The molecule has 2 N–H and O–H groups in total. The molecule has 1 amide bonds. The summed E-state index contributed by atoms with van der Waals surface area (Å²) < 4.78 is 0. The molecular formula is C20H29NO2. The summed E-state index contributed by atoms with van der Waals surface area (Å²) in [4.78, 5) is 12.0. The van der Waals surface area contributed by atoms with Crippen molar-refractivity contribution in [2.45, 2.75) is 57.5 Å². The van der Waals surface area contributed by atoms with Crippen LogP contribution in [0.4, 0.5) is 0 Å². The Morgan fingerprint density at radius 3 is 2.61 bits per heavy atom. The summed E-state index contributed by atoms with van der Waals surface area (Å²) in [5.74, 6) is 0.683. The third kappa shape index (κ3) is 6.57. The second-order valence-electron chi connectivity index (χ2n) is 6.69. The van der Waals surface area contributed by atoms with E-state index in [1.165, 1.54) is 32.1 Å². The van der Waals surface area contributed by atoms with Crippen LogP contribution < -0.4 is 5.32 Å². The van der Waals surface area contributed by atoms with Crippen molar-refractivity contribution >= 4 is 5.91 Å². The second-order valence-corrected chi connectivity index (χ2v) is 6.69. The number of hydrogen-bond acceptors (Lipinski definition) is 2. The summed E-state index contributed by atoms with van der Waals surface area (Å²) in [5.41, 5.74) is 1.16. The Labute approximate surface area is 139 Å². The Kier molecular flexibility index (Phi) is 7.34. The molecule has 0 bridgehead atoms. The van der Waals surface area contributed by atoms with Gasteiger partial charge in [-0.05, 0) is 43.7 Å². The third-order valence-corrected chi connectivity index (χ3v) is 4.59. The summed E-state index contributed by atoms with van der Waals surface area (Å²) >= 11 is 0. The molecule has 3 heteroatoms. The fraction of sp³-hybridized carbons (Fsp3) is 0.550. The van der Waals surface area contributed by atoms with E-state index in [1.807, 2.05) is 18.2 Å². The Balaban J connectivity index is 1.85. The highest BCUT2D eigenvalue weighted by molar-refractivity contribution is 5.87. The van der Waals surface area contributed by atoms with Gasteiger partial charge in [-0.15, -0.1) is 0 Å². The molecule has 0 heterocycles. The van der Waals surface area contributed by atoms with Crippen LogP contribution >= 0.6 is 0 Å². The van der Waals surface area contributed by atoms with Gasteiger partial charge in [-0.3, -0.25) is 4.79 Å². The first-order valence-corrected chi connectivity index (χ1v) is 8.84. The predicted molar refractivity (Wildman–Crippen MR) is 94.2 cm³/mol. The molecule has 1 aromatic carbocycles. The molecule has 3 nitrogen and oxygen atoms in total. The first-order chi connectivity index (χ1) is 11.1. The molecule has 23 heavy (non-hydrogen) atoms. The van der Waals surface area contributed by atoms with Crippen LogP contribution in [0.5, 0.6) is 0 Å². The molecule has 0 aromatic heterocycles. The van der Waals surface area contributed by atoms with Gasteiger partial charge in [0.15, 0.2) is 0 Å². The van der Waals surface area contributed by atoms with Gasteiger partial charge in [0.2, 0.25) is 5.91 Å². The van der Waals surface area contributed by atoms with Crippen LogP contribution in [0, 0.1) is 5.92 Å². The van der Waals surface area contributed by atoms with Crippen LogP contribution in [-0.4, -0.2) is 23.7 Å².